The molecule has 3 aromatic heterocycles. The number of rotatable bonds is 1. The van der Waals surface area contributed by atoms with Gasteiger partial charge in [0.05, 0.1) is 0 Å². The van der Waals surface area contributed by atoms with E-state index in [4.69, 9.17) is 0 Å². The lowest BCUT2D eigenvalue weighted by molar-refractivity contribution is -0.146. The Balaban J connectivity index is 2.11. The second kappa shape index (κ2) is 4.19. The van der Waals surface area contributed by atoms with Gasteiger partial charge in [-0.05, 0) is 24.3 Å². The van der Waals surface area contributed by atoms with Gasteiger partial charge in [0.2, 0.25) is 0 Å². The van der Waals surface area contributed by atoms with Crippen molar-refractivity contribution in [2.24, 2.45) is 0 Å². The molecule has 5 nitrogen and oxygen atoms in total. The molecule has 0 aliphatic carbocycles. The van der Waals surface area contributed by atoms with Crippen LogP contribution in [0.5, 0.6) is 0 Å². The normalized spacial score (nSPS) is 11.9. The first-order valence-electron chi connectivity index (χ1n) is 5.56. The average Bonchev–Trinajstić information content (AvgIpc) is 2.81. The van der Waals surface area contributed by atoms with Crippen molar-refractivity contribution in [1.82, 2.24) is 19.7 Å². The predicted molar refractivity (Wildman–Crippen MR) is 64.0 cm³/mol. The standard InChI is InChI=1S/C12H7F3N4O/c13-12(14,15)18-11(20)8-6-19-9(17-8)4-3-7-2-1-5-16-10(7)19/h1-6H,(H,18,20). The Morgan fingerprint density at radius 1 is 1.25 bits per heavy atom. The molecule has 0 fully saturated rings. The van der Waals surface area contributed by atoms with Gasteiger partial charge in [-0.3, -0.25) is 14.5 Å². The van der Waals surface area contributed by atoms with Crippen LogP contribution >= 0.6 is 0 Å². The third-order valence-corrected chi connectivity index (χ3v) is 2.68. The maximum atomic E-state index is 12.1. The summed E-state index contributed by atoms with van der Waals surface area (Å²) in [5.41, 5.74) is 0.549. The molecule has 0 bridgehead atoms. The topological polar surface area (TPSA) is 59.3 Å². The monoisotopic (exact) mass is 280 g/mol. The van der Waals surface area contributed by atoms with Crippen molar-refractivity contribution in [3.63, 3.8) is 0 Å². The Kier molecular flexibility index (Phi) is 2.60. The largest absolute Gasteiger partial charge is 0.484 e. The number of imidazole rings is 1. The third kappa shape index (κ3) is 2.15. The quantitative estimate of drug-likeness (QED) is 0.695. The van der Waals surface area contributed by atoms with Crippen LogP contribution in [-0.4, -0.2) is 26.6 Å². The van der Waals surface area contributed by atoms with Crippen LogP contribution in [-0.2, 0) is 0 Å². The molecule has 8 heteroatoms. The summed E-state index contributed by atoms with van der Waals surface area (Å²) in [4.78, 5) is 19.4. The van der Waals surface area contributed by atoms with Crippen molar-refractivity contribution in [2.45, 2.75) is 6.30 Å². The van der Waals surface area contributed by atoms with E-state index in [-0.39, 0.29) is 5.69 Å². The molecule has 3 heterocycles. The summed E-state index contributed by atoms with van der Waals surface area (Å²) >= 11 is 0. The molecule has 3 rings (SSSR count). The Morgan fingerprint density at radius 3 is 2.80 bits per heavy atom. The lowest BCUT2D eigenvalue weighted by Crippen LogP contribution is -2.37. The summed E-state index contributed by atoms with van der Waals surface area (Å²) in [5.74, 6) is -1.30. The minimum Gasteiger partial charge on any atom is -0.283 e. The van der Waals surface area contributed by atoms with E-state index < -0.39 is 12.2 Å². The molecule has 0 saturated heterocycles. The van der Waals surface area contributed by atoms with E-state index in [2.05, 4.69) is 9.97 Å². The van der Waals surface area contributed by atoms with Gasteiger partial charge in [0.25, 0.3) is 5.91 Å². The number of halogens is 3. The molecule has 20 heavy (non-hydrogen) atoms. The molecule has 1 amide bonds. The van der Waals surface area contributed by atoms with E-state index in [1.54, 1.807) is 30.5 Å². The molecule has 0 aliphatic rings. The number of carbonyl (C=O) groups excluding carboxylic acids is 1. The van der Waals surface area contributed by atoms with Gasteiger partial charge in [-0.25, -0.2) is 9.97 Å². The highest BCUT2D eigenvalue weighted by Gasteiger charge is 2.31. The molecule has 0 aliphatic heterocycles. The second-order valence-corrected chi connectivity index (χ2v) is 4.06. The van der Waals surface area contributed by atoms with Gasteiger partial charge in [0, 0.05) is 17.8 Å². The minimum atomic E-state index is -4.78. The van der Waals surface area contributed by atoms with E-state index in [9.17, 15) is 18.0 Å². The van der Waals surface area contributed by atoms with Crippen molar-refractivity contribution in [3.8, 4) is 0 Å². The first-order chi connectivity index (χ1) is 9.44. The fraction of sp³-hybridized carbons (Fsp3) is 0.0833. The number of nitrogens with zero attached hydrogens (tertiary/aromatic N) is 3. The van der Waals surface area contributed by atoms with Crippen LogP contribution in [0.15, 0.2) is 36.7 Å². The molecule has 3 aromatic rings. The van der Waals surface area contributed by atoms with E-state index in [0.29, 0.717) is 11.3 Å². The fourth-order valence-electron chi connectivity index (χ4n) is 1.89. The molecular formula is C12H7F3N4O. The SMILES string of the molecule is O=C(NC(F)(F)F)c1cn2c(ccc3cccnc32)n1. The molecule has 0 atom stereocenters. The molecule has 0 saturated carbocycles. The summed E-state index contributed by atoms with van der Waals surface area (Å²) in [6.45, 7) is 0. The molecule has 1 N–H and O–H groups in total. The number of fused-ring (bicyclic) bond motifs is 3. The van der Waals surface area contributed by atoms with Gasteiger partial charge in [-0.2, -0.15) is 13.2 Å². The van der Waals surface area contributed by atoms with Gasteiger partial charge in [-0.1, -0.05) is 0 Å². The van der Waals surface area contributed by atoms with Gasteiger partial charge < -0.3 is 0 Å². The van der Waals surface area contributed by atoms with Crippen molar-refractivity contribution in [2.75, 3.05) is 0 Å². The van der Waals surface area contributed by atoms with Gasteiger partial charge >= 0.3 is 6.30 Å². The highest BCUT2D eigenvalue weighted by Crippen LogP contribution is 2.16. The molecule has 0 unspecified atom stereocenters. The highest BCUT2D eigenvalue weighted by molar-refractivity contribution is 5.93. The Labute approximate surface area is 110 Å². The van der Waals surface area contributed by atoms with E-state index in [0.717, 1.165) is 10.7 Å². The fourth-order valence-corrected chi connectivity index (χ4v) is 1.89. The molecule has 0 aromatic carbocycles. The summed E-state index contributed by atoms with van der Waals surface area (Å²) in [5, 5.41) is 1.70. The zero-order chi connectivity index (χ0) is 14.3. The van der Waals surface area contributed by atoms with Crippen LogP contribution in [0.2, 0.25) is 0 Å². The maximum absolute atomic E-state index is 12.1. The van der Waals surface area contributed by atoms with Crippen LogP contribution in [0.25, 0.3) is 16.7 Å². The number of carbonyl (C=O) groups is 1. The van der Waals surface area contributed by atoms with Gasteiger partial charge in [-0.15, -0.1) is 0 Å². The molecule has 0 spiro atoms. The number of amides is 1. The van der Waals surface area contributed by atoms with Crippen LogP contribution < -0.4 is 5.32 Å². The smallest absolute Gasteiger partial charge is 0.283 e. The van der Waals surface area contributed by atoms with Crippen molar-refractivity contribution >= 4 is 22.6 Å². The number of hydrogen-bond acceptors (Lipinski definition) is 3. The first-order valence-corrected chi connectivity index (χ1v) is 5.56. The maximum Gasteiger partial charge on any atom is 0.484 e. The zero-order valence-corrected chi connectivity index (χ0v) is 9.85. The Hall–Kier alpha value is -2.64. The van der Waals surface area contributed by atoms with E-state index >= 15 is 0 Å². The number of pyridine rings is 2. The number of nitrogens with one attached hydrogen (secondary N) is 1. The Bertz CT molecular complexity index is 809. The third-order valence-electron chi connectivity index (χ3n) is 2.68. The van der Waals surface area contributed by atoms with Crippen molar-refractivity contribution in [1.29, 1.82) is 0 Å². The first kappa shape index (κ1) is 12.4. The lowest BCUT2D eigenvalue weighted by atomic mass is 10.3. The highest BCUT2D eigenvalue weighted by atomic mass is 19.4. The van der Waals surface area contributed by atoms with Crippen molar-refractivity contribution < 1.29 is 18.0 Å². The average molecular weight is 280 g/mol. The molecule has 0 radical (unpaired) electrons. The van der Waals surface area contributed by atoms with Crippen LogP contribution in [0, 0.1) is 0 Å². The zero-order valence-electron chi connectivity index (χ0n) is 9.85. The number of aromatic nitrogens is 3. The Morgan fingerprint density at radius 2 is 2.05 bits per heavy atom. The predicted octanol–water partition coefficient (Wildman–Crippen LogP) is 2.13. The molecular weight excluding hydrogens is 273 g/mol. The molecule has 102 valence electrons. The van der Waals surface area contributed by atoms with Crippen LogP contribution in [0.1, 0.15) is 10.5 Å². The van der Waals surface area contributed by atoms with Gasteiger partial charge in [0.1, 0.15) is 17.0 Å². The van der Waals surface area contributed by atoms with Crippen LogP contribution in [0.3, 0.4) is 0 Å². The van der Waals surface area contributed by atoms with E-state index in [1.807, 2.05) is 0 Å². The summed E-state index contributed by atoms with van der Waals surface area (Å²) in [6, 6.07) is 6.88. The summed E-state index contributed by atoms with van der Waals surface area (Å²) in [6.07, 6.45) is -2.00. The van der Waals surface area contributed by atoms with Crippen molar-refractivity contribution in [3.05, 3.63) is 42.4 Å². The second-order valence-electron chi connectivity index (χ2n) is 4.06. The van der Waals surface area contributed by atoms with E-state index in [1.165, 1.54) is 10.6 Å². The lowest BCUT2D eigenvalue weighted by Gasteiger charge is -2.05. The number of hydrogen-bond donors (Lipinski definition) is 1. The van der Waals surface area contributed by atoms with Crippen LogP contribution in [0.4, 0.5) is 13.2 Å². The summed E-state index contributed by atoms with van der Waals surface area (Å²) < 4.78 is 37.8. The minimum absolute atomic E-state index is 0.319. The van der Waals surface area contributed by atoms with Gasteiger partial charge in [0.15, 0.2) is 0 Å². The summed E-state index contributed by atoms with van der Waals surface area (Å²) in [7, 11) is 0. The number of alkyl halides is 3.